The molecule has 1 saturated heterocycles. The topological polar surface area (TPSA) is 49.7 Å². The number of hydrogen-bond acceptors (Lipinski definition) is 3. The number of carbonyl (C=O) groups excluding carboxylic acids is 2. The molecule has 2 bridgehead atoms. The van der Waals surface area contributed by atoms with Crippen LogP contribution in [0.15, 0.2) is 41.5 Å². The summed E-state index contributed by atoms with van der Waals surface area (Å²) in [5.41, 5.74) is 1.04. The Bertz CT molecular complexity index is 745. The number of hydrogen-bond donors (Lipinski definition) is 0. The standard InChI is InChI=1S/C18H15ClN2O2/c19-11-3-1-10(2-4-11)9-20-21-16(22)14-12-5-6-13(15(14)17(21)23)18(12)7-8-18/h1-6,9,12-15H,7-8H2/b20-9-/t12-,13+,14+,15-. The van der Waals surface area contributed by atoms with Gasteiger partial charge in [-0.05, 0) is 47.8 Å². The van der Waals surface area contributed by atoms with E-state index in [1.165, 1.54) is 0 Å². The number of rotatable bonds is 2. The molecular weight excluding hydrogens is 312 g/mol. The van der Waals surface area contributed by atoms with Gasteiger partial charge in [-0.25, -0.2) is 0 Å². The lowest BCUT2D eigenvalue weighted by Crippen LogP contribution is -2.30. The molecule has 0 unspecified atom stereocenters. The van der Waals surface area contributed by atoms with Crippen LogP contribution in [0.5, 0.6) is 0 Å². The number of fused-ring (bicyclic) bond motifs is 3. The number of allylic oxidation sites excluding steroid dienone is 2. The second kappa shape index (κ2) is 4.32. The maximum atomic E-state index is 12.7. The molecule has 0 radical (unpaired) electrons. The number of hydrazone groups is 1. The van der Waals surface area contributed by atoms with E-state index in [1.54, 1.807) is 18.3 Å². The molecule has 4 atom stereocenters. The fourth-order valence-corrected chi connectivity index (χ4v) is 4.98. The maximum absolute atomic E-state index is 12.7. The first-order chi connectivity index (χ1) is 11.1. The Morgan fingerprint density at radius 1 is 1.04 bits per heavy atom. The summed E-state index contributed by atoms with van der Waals surface area (Å²) >= 11 is 5.85. The highest BCUT2D eigenvalue weighted by Gasteiger charge is 2.73. The van der Waals surface area contributed by atoms with Crippen LogP contribution in [0.25, 0.3) is 0 Å². The van der Waals surface area contributed by atoms with Gasteiger partial charge < -0.3 is 0 Å². The lowest BCUT2D eigenvalue weighted by molar-refractivity contribution is -0.141. The normalized spacial score (nSPS) is 35.8. The third-order valence-electron chi connectivity index (χ3n) is 6.02. The zero-order valence-corrected chi connectivity index (χ0v) is 13.1. The molecule has 3 aliphatic carbocycles. The number of halogens is 1. The zero-order chi connectivity index (χ0) is 15.8. The smallest absolute Gasteiger partial charge is 0.254 e. The van der Waals surface area contributed by atoms with E-state index in [0.717, 1.165) is 23.4 Å². The predicted octanol–water partition coefficient (Wildman–Crippen LogP) is 2.87. The zero-order valence-electron chi connectivity index (χ0n) is 12.4. The highest BCUT2D eigenvalue weighted by Crippen LogP contribution is 2.73. The molecule has 116 valence electrons. The summed E-state index contributed by atoms with van der Waals surface area (Å²) in [4.78, 5) is 25.4. The highest BCUT2D eigenvalue weighted by molar-refractivity contribution is 6.30. The predicted molar refractivity (Wildman–Crippen MR) is 85.7 cm³/mol. The van der Waals surface area contributed by atoms with Crippen molar-refractivity contribution in [2.45, 2.75) is 12.8 Å². The second-order valence-corrected chi connectivity index (χ2v) is 7.44. The van der Waals surface area contributed by atoms with Gasteiger partial charge in [0, 0.05) is 5.02 Å². The van der Waals surface area contributed by atoms with Crippen LogP contribution in [-0.4, -0.2) is 23.0 Å². The van der Waals surface area contributed by atoms with E-state index in [0.29, 0.717) is 5.02 Å². The largest absolute Gasteiger partial charge is 0.272 e. The van der Waals surface area contributed by atoms with Crippen molar-refractivity contribution in [1.29, 1.82) is 0 Å². The second-order valence-electron chi connectivity index (χ2n) is 7.01. The molecular formula is C18H15ClN2O2. The third kappa shape index (κ3) is 1.65. The van der Waals surface area contributed by atoms with Gasteiger partial charge in [-0.1, -0.05) is 35.9 Å². The molecule has 1 aromatic carbocycles. The molecule has 2 saturated carbocycles. The minimum absolute atomic E-state index is 0.131. The summed E-state index contributed by atoms with van der Waals surface area (Å²) in [6.07, 6.45) is 8.18. The molecule has 2 amide bonds. The average Bonchev–Trinajstić information content (AvgIpc) is 3.15. The number of amides is 2. The molecule has 0 N–H and O–H groups in total. The Morgan fingerprint density at radius 2 is 1.61 bits per heavy atom. The van der Waals surface area contributed by atoms with Gasteiger partial charge in [-0.3, -0.25) is 9.59 Å². The minimum atomic E-state index is -0.192. The molecule has 4 nitrogen and oxygen atoms in total. The van der Waals surface area contributed by atoms with Gasteiger partial charge in [-0.2, -0.15) is 10.1 Å². The molecule has 3 fully saturated rings. The summed E-state index contributed by atoms with van der Waals surface area (Å²) in [6.45, 7) is 0. The summed E-state index contributed by atoms with van der Waals surface area (Å²) in [5, 5.41) is 5.90. The van der Waals surface area contributed by atoms with Gasteiger partial charge in [0.2, 0.25) is 0 Å². The van der Waals surface area contributed by atoms with E-state index in [4.69, 9.17) is 11.6 Å². The van der Waals surface area contributed by atoms with Crippen molar-refractivity contribution in [3.63, 3.8) is 0 Å². The van der Waals surface area contributed by atoms with Crippen LogP contribution >= 0.6 is 11.6 Å². The fourth-order valence-electron chi connectivity index (χ4n) is 4.85. The Hall–Kier alpha value is -1.94. The number of carbonyl (C=O) groups is 2. The number of benzene rings is 1. The number of imide groups is 1. The van der Waals surface area contributed by atoms with E-state index < -0.39 is 0 Å². The maximum Gasteiger partial charge on any atom is 0.254 e. The Kier molecular flexibility index (Phi) is 2.54. The van der Waals surface area contributed by atoms with E-state index in [1.807, 2.05) is 12.1 Å². The summed E-state index contributed by atoms with van der Waals surface area (Å²) < 4.78 is 0. The summed E-state index contributed by atoms with van der Waals surface area (Å²) in [6, 6.07) is 7.13. The average molecular weight is 327 g/mol. The van der Waals surface area contributed by atoms with Crippen molar-refractivity contribution in [3.8, 4) is 0 Å². The van der Waals surface area contributed by atoms with Crippen LogP contribution in [0.2, 0.25) is 5.02 Å². The molecule has 1 heterocycles. The monoisotopic (exact) mass is 326 g/mol. The van der Waals surface area contributed by atoms with E-state index in [9.17, 15) is 9.59 Å². The van der Waals surface area contributed by atoms with Gasteiger partial charge in [0.05, 0.1) is 18.1 Å². The molecule has 23 heavy (non-hydrogen) atoms. The van der Waals surface area contributed by atoms with Crippen molar-refractivity contribution < 1.29 is 9.59 Å². The highest BCUT2D eigenvalue weighted by atomic mass is 35.5. The van der Waals surface area contributed by atoms with Crippen molar-refractivity contribution in [3.05, 3.63) is 47.0 Å². The van der Waals surface area contributed by atoms with Crippen LogP contribution < -0.4 is 0 Å². The molecule has 1 aliphatic heterocycles. The van der Waals surface area contributed by atoms with Crippen molar-refractivity contribution in [2.24, 2.45) is 34.2 Å². The van der Waals surface area contributed by atoms with Gasteiger partial charge in [-0.15, -0.1) is 0 Å². The summed E-state index contributed by atoms with van der Waals surface area (Å²) in [5.74, 6) is -0.166. The molecule has 5 rings (SSSR count). The molecule has 1 spiro atoms. The molecule has 0 aromatic heterocycles. The van der Waals surface area contributed by atoms with E-state index in [-0.39, 0.29) is 40.9 Å². The molecule has 4 aliphatic rings. The van der Waals surface area contributed by atoms with Crippen LogP contribution in [0, 0.1) is 29.1 Å². The first kappa shape index (κ1) is 13.5. The first-order valence-electron chi connectivity index (χ1n) is 7.97. The van der Waals surface area contributed by atoms with Gasteiger partial charge in [0.15, 0.2) is 0 Å². The van der Waals surface area contributed by atoms with Crippen LogP contribution in [0.3, 0.4) is 0 Å². The SMILES string of the molecule is O=C1[C@@H]2[C@H](C(=O)N1/N=C\c1ccc(Cl)cc1)[C@@H]1C=C[C@H]2C12CC2. The van der Waals surface area contributed by atoms with Crippen molar-refractivity contribution >= 4 is 29.6 Å². The lowest BCUT2D eigenvalue weighted by Gasteiger charge is -2.18. The van der Waals surface area contributed by atoms with E-state index in [2.05, 4.69) is 17.3 Å². The van der Waals surface area contributed by atoms with Crippen LogP contribution in [0.1, 0.15) is 18.4 Å². The van der Waals surface area contributed by atoms with Gasteiger partial charge in [0.1, 0.15) is 0 Å². The lowest BCUT2D eigenvalue weighted by atomic mass is 9.85. The van der Waals surface area contributed by atoms with Crippen LogP contribution in [-0.2, 0) is 9.59 Å². The first-order valence-corrected chi connectivity index (χ1v) is 8.35. The quantitative estimate of drug-likeness (QED) is 0.476. The molecule has 1 aromatic rings. The summed E-state index contributed by atoms with van der Waals surface area (Å²) in [7, 11) is 0. The van der Waals surface area contributed by atoms with Crippen molar-refractivity contribution in [2.75, 3.05) is 0 Å². The van der Waals surface area contributed by atoms with Crippen LogP contribution in [0.4, 0.5) is 0 Å². The van der Waals surface area contributed by atoms with Gasteiger partial charge >= 0.3 is 0 Å². The minimum Gasteiger partial charge on any atom is -0.272 e. The third-order valence-corrected chi connectivity index (χ3v) is 6.27. The Balaban J connectivity index is 1.43. The number of nitrogens with zero attached hydrogens (tertiary/aromatic N) is 2. The van der Waals surface area contributed by atoms with E-state index >= 15 is 0 Å². The Morgan fingerprint density at radius 3 is 2.13 bits per heavy atom. The fraction of sp³-hybridized carbons (Fsp3) is 0.389. The molecule has 5 heteroatoms. The van der Waals surface area contributed by atoms with Gasteiger partial charge in [0.25, 0.3) is 11.8 Å². The van der Waals surface area contributed by atoms with Crippen molar-refractivity contribution in [1.82, 2.24) is 5.01 Å². The Labute approximate surface area is 138 Å².